The Morgan fingerprint density at radius 1 is 1.16 bits per heavy atom. The molecule has 0 aliphatic heterocycles. The number of hydrogen-bond donors (Lipinski definition) is 1. The number of hydrogen-bond acceptors (Lipinski definition) is 3. The second kappa shape index (κ2) is 5.19. The molecule has 0 saturated heterocycles. The summed E-state index contributed by atoms with van der Waals surface area (Å²) >= 11 is 0. The summed E-state index contributed by atoms with van der Waals surface area (Å²) in [7, 11) is 0. The lowest BCUT2D eigenvalue weighted by molar-refractivity contribution is -0.0940. The first-order valence-electron chi connectivity index (χ1n) is 6.81. The number of fused-ring (bicyclic) bond motifs is 1. The molecule has 2 N–H and O–H groups in total. The second-order valence-electron chi connectivity index (χ2n) is 4.95. The van der Waals surface area contributed by atoms with Gasteiger partial charge in [-0.25, -0.2) is 0 Å². The van der Waals surface area contributed by atoms with Crippen LogP contribution >= 0.6 is 0 Å². The van der Waals surface area contributed by atoms with Gasteiger partial charge in [0.2, 0.25) is 0 Å². The predicted molar refractivity (Wildman–Crippen MR) is 76.4 cm³/mol. The topological polar surface area (TPSA) is 44.5 Å². The third kappa shape index (κ3) is 2.31. The Hall–Kier alpha value is -1.58. The van der Waals surface area contributed by atoms with Gasteiger partial charge in [0.15, 0.2) is 0 Å². The summed E-state index contributed by atoms with van der Waals surface area (Å²) in [6.45, 7) is 2.66. The van der Waals surface area contributed by atoms with E-state index >= 15 is 0 Å². The Bertz CT molecular complexity index is 564. The van der Waals surface area contributed by atoms with Crippen molar-refractivity contribution in [2.75, 3.05) is 6.61 Å². The largest absolute Gasteiger partial charge is 0.487 e. The minimum atomic E-state index is 0.0176. The van der Waals surface area contributed by atoms with Crippen LogP contribution in [0.25, 0.3) is 10.8 Å². The molecule has 1 aliphatic carbocycles. The Balaban J connectivity index is 1.82. The van der Waals surface area contributed by atoms with Gasteiger partial charge in [0.05, 0.1) is 0 Å². The lowest BCUT2D eigenvalue weighted by Crippen LogP contribution is -2.59. The molecule has 3 rings (SSSR count). The highest BCUT2D eigenvalue weighted by Crippen LogP contribution is 2.32. The van der Waals surface area contributed by atoms with E-state index in [1.807, 2.05) is 31.2 Å². The zero-order chi connectivity index (χ0) is 13.2. The molecule has 1 aliphatic rings. The maximum absolute atomic E-state index is 6.09. The normalized spacial score (nSPS) is 26.1. The summed E-state index contributed by atoms with van der Waals surface area (Å²) in [5, 5.41) is 2.33. The van der Waals surface area contributed by atoms with Gasteiger partial charge >= 0.3 is 0 Å². The van der Waals surface area contributed by atoms with Gasteiger partial charge in [-0.05, 0) is 18.4 Å². The molecule has 3 atom stereocenters. The zero-order valence-corrected chi connectivity index (χ0v) is 11.1. The van der Waals surface area contributed by atoms with Crippen LogP contribution in [0.3, 0.4) is 0 Å². The Labute approximate surface area is 113 Å². The van der Waals surface area contributed by atoms with Crippen molar-refractivity contribution in [1.29, 1.82) is 0 Å². The Kier molecular flexibility index (Phi) is 3.40. The first kappa shape index (κ1) is 12.5. The molecule has 0 bridgehead atoms. The van der Waals surface area contributed by atoms with Crippen LogP contribution in [0.2, 0.25) is 0 Å². The number of nitrogens with two attached hydrogens (primary N) is 1. The molecule has 2 aromatic carbocycles. The van der Waals surface area contributed by atoms with E-state index in [0.717, 1.165) is 17.6 Å². The van der Waals surface area contributed by atoms with Crippen LogP contribution in [0.4, 0.5) is 0 Å². The van der Waals surface area contributed by atoms with Crippen molar-refractivity contribution in [3.05, 3.63) is 42.5 Å². The van der Waals surface area contributed by atoms with E-state index in [1.165, 1.54) is 5.39 Å². The van der Waals surface area contributed by atoms with Crippen molar-refractivity contribution in [1.82, 2.24) is 0 Å². The number of rotatable bonds is 4. The maximum atomic E-state index is 6.09. The van der Waals surface area contributed by atoms with Gasteiger partial charge in [0, 0.05) is 24.5 Å². The fourth-order valence-electron chi connectivity index (χ4n) is 2.62. The fraction of sp³-hybridized carbons (Fsp3) is 0.375. The molecule has 3 heteroatoms. The van der Waals surface area contributed by atoms with Crippen LogP contribution in [0.1, 0.15) is 13.3 Å². The quantitative estimate of drug-likeness (QED) is 0.916. The van der Waals surface area contributed by atoms with Gasteiger partial charge in [-0.15, -0.1) is 0 Å². The lowest BCUT2D eigenvalue weighted by Gasteiger charge is -2.41. The van der Waals surface area contributed by atoms with Crippen LogP contribution in [0, 0.1) is 0 Å². The molecule has 1 fully saturated rings. The van der Waals surface area contributed by atoms with E-state index in [1.54, 1.807) is 0 Å². The SMILES string of the molecule is CCOC1C(N)CC1Oc1cccc2ccccc12. The second-order valence-corrected chi connectivity index (χ2v) is 4.95. The van der Waals surface area contributed by atoms with Crippen LogP contribution < -0.4 is 10.5 Å². The van der Waals surface area contributed by atoms with E-state index in [0.29, 0.717) is 6.61 Å². The molecule has 19 heavy (non-hydrogen) atoms. The summed E-state index contributed by atoms with van der Waals surface area (Å²) < 4.78 is 11.7. The Morgan fingerprint density at radius 3 is 2.74 bits per heavy atom. The van der Waals surface area contributed by atoms with Gasteiger partial charge < -0.3 is 15.2 Å². The molecule has 1 saturated carbocycles. The summed E-state index contributed by atoms with van der Waals surface area (Å²) in [5.74, 6) is 0.916. The van der Waals surface area contributed by atoms with E-state index in [-0.39, 0.29) is 18.2 Å². The highest BCUT2D eigenvalue weighted by Gasteiger charge is 2.41. The first-order chi connectivity index (χ1) is 9.29. The molecule has 100 valence electrons. The monoisotopic (exact) mass is 257 g/mol. The third-order valence-corrected chi connectivity index (χ3v) is 3.68. The van der Waals surface area contributed by atoms with Crippen LogP contribution in [-0.2, 0) is 4.74 Å². The number of ether oxygens (including phenoxy) is 2. The molecular formula is C16H19NO2. The van der Waals surface area contributed by atoms with Crippen molar-refractivity contribution >= 4 is 10.8 Å². The minimum absolute atomic E-state index is 0.0176. The minimum Gasteiger partial charge on any atom is -0.487 e. The van der Waals surface area contributed by atoms with Crippen LogP contribution in [0.15, 0.2) is 42.5 Å². The molecule has 0 spiro atoms. The summed E-state index contributed by atoms with van der Waals surface area (Å²) in [6.07, 6.45) is 0.943. The average molecular weight is 257 g/mol. The van der Waals surface area contributed by atoms with Crippen molar-refractivity contribution in [2.45, 2.75) is 31.6 Å². The summed E-state index contributed by atoms with van der Waals surface area (Å²) in [6, 6.07) is 14.5. The summed E-state index contributed by atoms with van der Waals surface area (Å²) in [5.41, 5.74) is 5.96. The van der Waals surface area contributed by atoms with E-state index in [4.69, 9.17) is 15.2 Å². The smallest absolute Gasteiger partial charge is 0.128 e. The molecule has 0 radical (unpaired) electrons. The van der Waals surface area contributed by atoms with Crippen molar-refractivity contribution in [3.8, 4) is 5.75 Å². The van der Waals surface area contributed by atoms with Gasteiger partial charge in [0.1, 0.15) is 18.0 Å². The van der Waals surface area contributed by atoms with Crippen molar-refractivity contribution in [2.24, 2.45) is 5.73 Å². The van der Waals surface area contributed by atoms with Gasteiger partial charge in [-0.3, -0.25) is 0 Å². The molecule has 3 nitrogen and oxygen atoms in total. The number of benzene rings is 2. The lowest BCUT2D eigenvalue weighted by atomic mass is 9.86. The van der Waals surface area contributed by atoms with Crippen molar-refractivity contribution < 1.29 is 9.47 Å². The van der Waals surface area contributed by atoms with E-state index < -0.39 is 0 Å². The molecule has 3 unspecified atom stereocenters. The highest BCUT2D eigenvalue weighted by atomic mass is 16.5. The Morgan fingerprint density at radius 2 is 1.95 bits per heavy atom. The van der Waals surface area contributed by atoms with Crippen molar-refractivity contribution in [3.63, 3.8) is 0 Å². The predicted octanol–water partition coefficient (Wildman–Crippen LogP) is 2.72. The third-order valence-electron chi connectivity index (χ3n) is 3.68. The summed E-state index contributed by atoms with van der Waals surface area (Å²) in [4.78, 5) is 0. The molecule has 0 heterocycles. The van der Waals surface area contributed by atoms with Crippen LogP contribution in [0.5, 0.6) is 5.75 Å². The molecule has 2 aromatic rings. The van der Waals surface area contributed by atoms with Gasteiger partial charge in [-0.2, -0.15) is 0 Å². The molecular weight excluding hydrogens is 238 g/mol. The average Bonchev–Trinajstić information content (AvgIpc) is 2.45. The maximum Gasteiger partial charge on any atom is 0.128 e. The van der Waals surface area contributed by atoms with Crippen LogP contribution in [-0.4, -0.2) is 24.9 Å². The first-order valence-corrected chi connectivity index (χ1v) is 6.81. The van der Waals surface area contributed by atoms with E-state index in [2.05, 4.69) is 18.2 Å². The van der Waals surface area contributed by atoms with Gasteiger partial charge in [-0.1, -0.05) is 36.4 Å². The standard InChI is InChI=1S/C16H19NO2/c1-2-18-16-13(17)10-15(16)19-14-9-5-7-11-6-3-4-8-12(11)14/h3-9,13,15-16H,2,10,17H2,1H3. The van der Waals surface area contributed by atoms with E-state index in [9.17, 15) is 0 Å². The zero-order valence-electron chi connectivity index (χ0n) is 11.1. The molecule has 0 aromatic heterocycles. The highest BCUT2D eigenvalue weighted by molar-refractivity contribution is 5.88. The fourth-order valence-corrected chi connectivity index (χ4v) is 2.62. The van der Waals surface area contributed by atoms with Gasteiger partial charge in [0.25, 0.3) is 0 Å². The molecule has 0 amide bonds.